The van der Waals surface area contributed by atoms with Crippen molar-refractivity contribution in [3.8, 4) is 0 Å². The minimum absolute atomic E-state index is 0.0160. The molecule has 1 saturated carbocycles. The first kappa shape index (κ1) is 19.9. The number of carbonyl (C=O) groups excluding carboxylic acids is 2. The van der Waals surface area contributed by atoms with E-state index in [0.717, 1.165) is 18.2 Å². The van der Waals surface area contributed by atoms with Crippen molar-refractivity contribution >= 4 is 32.7 Å². The lowest BCUT2D eigenvalue weighted by Gasteiger charge is -2.28. The van der Waals surface area contributed by atoms with E-state index in [9.17, 15) is 18.0 Å². The van der Waals surface area contributed by atoms with Gasteiger partial charge in [0.1, 0.15) is 5.58 Å². The minimum Gasteiger partial charge on any atom is -0.450 e. The summed E-state index contributed by atoms with van der Waals surface area (Å²) in [5, 5.41) is 0.753. The third-order valence-corrected chi connectivity index (χ3v) is 7.08. The predicted octanol–water partition coefficient (Wildman–Crippen LogP) is 1.91. The molecule has 2 fully saturated rings. The normalized spacial score (nSPS) is 20.7. The summed E-state index contributed by atoms with van der Waals surface area (Å²) in [6.07, 6.45) is 2.12. The van der Waals surface area contributed by atoms with E-state index in [-0.39, 0.29) is 41.9 Å². The lowest BCUT2D eigenvalue weighted by atomic mass is 10.1. The molecule has 1 aliphatic heterocycles. The predicted molar refractivity (Wildman–Crippen MR) is 104 cm³/mol. The highest BCUT2D eigenvalue weighted by molar-refractivity contribution is 7.91. The van der Waals surface area contributed by atoms with Gasteiger partial charge in [-0.25, -0.2) is 13.2 Å². The molecule has 156 valence electrons. The Kier molecular flexibility index (Phi) is 5.35. The number of rotatable bonds is 7. The number of hydrogen-bond acceptors (Lipinski definition) is 7. The van der Waals surface area contributed by atoms with Crippen LogP contribution in [0.15, 0.2) is 28.7 Å². The van der Waals surface area contributed by atoms with Crippen molar-refractivity contribution in [1.29, 1.82) is 0 Å². The van der Waals surface area contributed by atoms with E-state index >= 15 is 0 Å². The Balaban J connectivity index is 1.47. The van der Waals surface area contributed by atoms with Crippen LogP contribution in [0.3, 0.4) is 0 Å². The molecule has 0 spiro atoms. The fourth-order valence-electron chi connectivity index (χ4n) is 3.87. The maximum Gasteiger partial charge on any atom is 0.375 e. The summed E-state index contributed by atoms with van der Waals surface area (Å²) in [4.78, 5) is 27.0. The number of methoxy groups -OCH3 is 1. The Hall–Kier alpha value is -2.39. The van der Waals surface area contributed by atoms with Gasteiger partial charge >= 0.3 is 5.97 Å². The summed E-state index contributed by atoms with van der Waals surface area (Å²) < 4.78 is 39.7. The molecule has 9 heteroatoms. The third kappa shape index (κ3) is 4.16. The zero-order chi connectivity index (χ0) is 20.6. The first-order valence-electron chi connectivity index (χ1n) is 9.57. The van der Waals surface area contributed by atoms with Crippen LogP contribution < -0.4 is 0 Å². The largest absolute Gasteiger partial charge is 0.450 e. The number of para-hydroxylation sites is 1. The van der Waals surface area contributed by atoms with E-state index in [1.165, 1.54) is 7.11 Å². The summed E-state index contributed by atoms with van der Waals surface area (Å²) in [6, 6.07) is 6.89. The Morgan fingerprint density at radius 3 is 2.59 bits per heavy atom. The second-order valence-electron chi connectivity index (χ2n) is 7.50. The van der Waals surface area contributed by atoms with Gasteiger partial charge in [-0.15, -0.1) is 0 Å². The van der Waals surface area contributed by atoms with Gasteiger partial charge in [0.2, 0.25) is 5.76 Å². The molecule has 8 nitrogen and oxygen atoms in total. The summed E-state index contributed by atoms with van der Waals surface area (Å²) in [5.74, 6) is -1.02. The summed E-state index contributed by atoms with van der Waals surface area (Å²) in [5.41, 5.74) is 1.11. The molecule has 0 bridgehead atoms. The van der Waals surface area contributed by atoms with Gasteiger partial charge in [-0.1, -0.05) is 18.2 Å². The van der Waals surface area contributed by atoms with Crippen molar-refractivity contribution in [2.24, 2.45) is 0 Å². The molecule has 2 aliphatic rings. The van der Waals surface area contributed by atoms with E-state index in [1.807, 2.05) is 12.1 Å². The minimum atomic E-state index is -3.11. The summed E-state index contributed by atoms with van der Waals surface area (Å²) in [6.45, 7) is -0.279. The number of carbonyl (C=O) groups is 2. The fraction of sp³-hybridized carbons (Fsp3) is 0.500. The van der Waals surface area contributed by atoms with Crippen LogP contribution in [0.5, 0.6) is 0 Å². The Bertz CT molecular complexity index is 1040. The van der Waals surface area contributed by atoms with Crippen LogP contribution in [0.25, 0.3) is 11.0 Å². The van der Waals surface area contributed by atoms with Gasteiger partial charge in [-0.2, -0.15) is 0 Å². The number of furan rings is 1. The molecule has 1 saturated heterocycles. The second-order valence-corrected chi connectivity index (χ2v) is 9.73. The second kappa shape index (κ2) is 7.79. The van der Waals surface area contributed by atoms with Gasteiger partial charge in [0.15, 0.2) is 16.4 Å². The molecule has 1 aliphatic carbocycles. The Morgan fingerprint density at radius 2 is 1.93 bits per heavy atom. The van der Waals surface area contributed by atoms with Crippen molar-refractivity contribution in [2.75, 3.05) is 25.2 Å². The van der Waals surface area contributed by atoms with Crippen molar-refractivity contribution in [3.05, 3.63) is 35.6 Å². The molecule has 4 rings (SSSR count). The standard InChI is InChI=1S/C20H23NO7S/c1-26-10-16-15-4-2-3-5-17(15)28-19(16)20(23)27-11-18(22)21(13-6-7-13)14-8-9-29(24,25)12-14/h2-5,13-14H,6-12H2,1H3/t14-/m0/s1. The molecule has 2 heterocycles. The monoisotopic (exact) mass is 421 g/mol. The first-order valence-corrected chi connectivity index (χ1v) is 11.4. The molecule has 1 aromatic heterocycles. The quantitative estimate of drug-likeness (QED) is 0.629. The average Bonchev–Trinajstić information content (AvgIpc) is 3.36. The zero-order valence-corrected chi connectivity index (χ0v) is 16.9. The number of sulfone groups is 1. The zero-order valence-electron chi connectivity index (χ0n) is 16.1. The topological polar surface area (TPSA) is 103 Å². The van der Waals surface area contributed by atoms with Crippen LogP contribution in [0.2, 0.25) is 0 Å². The van der Waals surface area contributed by atoms with Gasteiger partial charge in [0.25, 0.3) is 5.91 Å². The maximum absolute atomic E-state index is 12.7. The molecule has 29 heavy (non-hydrogen) atoms. The van der Waals surface area contributed by atoms with Crippen LogP contribution in [0, 0.1) is 0 Å². The number of benzene rings is 1. The molecule has 1 amide bonds. The van der Waals surface area contributed by atoms with E-state index in [1.54, 1.807) is 17.0 Å². The lowest BCUT2D eigenvalue weighted by Crippen LogP contribution is -2.44. The van der Waals surface area contributed by atoms with Gasteiger partial charge in [-0.05, 0) is 25.3 Å². The Labute approximate surface area is 168 Å². The summed E-state index contributed by atoms with van der Waals surface area (Å²) >= 11 is 0. The van der Waals surface area contributed by atoms with Crippen molar-refractivity contribution in [3.63, 3.8) is 0 Å². The molecule has 0 radical (unpaired) electrons. The number of esters is 1. The van der Waals surface area contributed by atoms with Crippen molar-refractivity contribution in [1.82, 2.24) is 4.90 Å². The molecule has 1 atom stereocenters. The molecule has 0 unspecified atom stereocenters. The lowest BCUT2D eigenvalue weighted by molar-refractivity contribution is -0.137. The van der Waals surface area contributed by atoms with Crippen LogP contribution in [-0.2, 0) is 30.7 Å². The molecule has 2 aromatic rings. The van der Waals surface area contributed by atoms with Crippen LogP contribution >= 0.6 is 0 Å². The van der Waals surface area contributed by atoms with E-state index in [2.05, 4.69) is 0 Å². The highest BCUT2D eigenvalue weighted by Crippen LogP contribution is 2.32. The van der Waals surface area contributed by atoms with Gasteiger partial charge in [0, 0.05) is 30.1 Å². The fourth-order valence-corrected chi connectivity index (χ4v) is 5.58. The van der Waals surface area contributed by atoms with Crippen LogP contribution in [-0.4, -0.2) is 62.5 Å². The molecular weight excluding hydrogens is 398 g/mol. The third-order valence-electron chi connectivity index (χ3n) is 5.33. The van der Waals surface area contributed by atoms with Crippen molar-refractivity contribution < 1.29 is 31.9 Å². The number of ether oxygens (including phenoxy) is 2. The molecular formula is C20H23NO7S. The molecule has 0 N–H and O–H groups in total. The van der Waals surface area contributed by atoms with Crippen molar-refractivity contribution in [2.45, 2.75) is 38.0 Å². The Morgan fingerprint density at radius 1 is 1.17 bits per heavy atom. The van der Waals surface area contributed by atoms with Gasteiger partial charge in [-0.3, -0.25) is 4.79 Å². The summed E-state index contributed by atoms with van der Waals surface area (Å²) in [7, 11) is -1.59. The van der Waals surface area contributed by atoms with Crippen LogP contribution in [0.1, 0.15) is 35.4 Å². The number of nitrogens with zero attached hydrogens (tertiary/aromatic N) is 1. The maximum atomic E-state index is 12.7. The number of hydrogen-bond donors (Lipinski definition) is 0. The van der Waals surface area contributed by atoms with Gasteiger partial charge in [0.05, 0.1) is 18.1 Å². The first-order chi connectivity index (χ1) is 13.9. The number of fused-ring (bicyclic) bond motifs is 1. The van der Waals surface area contributed by atoms with Crippen LogP contribution in [0.4, 0.5) is 0 Å². The van der Waals surface area contributed by atoms with Gasteiger partial charge < -0.3 is 18.8 Å². The molecule has 1 aromatic carbocycles. The van der Waals surface area contributed by atoms with E-state index in [4.69, 9.17) is 13.9 Å². The van der Waals surface area contributed by atoms with E-state index in [0.29, 0.717) is 17.6 Å². The highest BCUT2D eigenvalue weighted by atomic mass is 32.2. The van der Waals surface area contributed by atoms with E-state index < -0.39 is 22.4 Å². The average molecular weight is 421 g/mol. The number of amides is 1. The SMILES string of the molecule is COCc1c(C(=O)OCC(=O)N(C2CC2)[C@H]2CCS(=O)(=O)C2)oc2ccccc12. The highest BCUT2D eigenvalue weighted by Gasteiger charge is 2.42. The smallest absolute Gasteiger partial charge is 0.375 e.